The van der Waals surface area contributed by atoms with Gasteiger partial charge in [0.05, 0.1) is 5.69 Å². The Morgan fingerprint density at radius 3 is 2.53 bits per heavy atom. The monoisotopic (exact) mass is 330 g/mol. The van der Waals surface area contributed by atoms with Gasteiger partial charge in [0.2, 0.25) is 11.9 Å². The molecule has 2 aromatic rings. The third kappa shape index (κ3) is 3.31. The average Bonchev–Trinajstić information content (AvgIpc) is 2.31. The van der Waals surface area contributed by atoms with E-state index < -0.39 is 23.6 Å². The third-order valence-corrected chi connectivity index (χ3v) is 2.65. The molecule has 0 unspecified atom stereocenters. The zero-order valence-electron chi connectivity index (χ0n) is 9.25. The summed E-state index contributed by atoms with van der Waals surface area (Å²) in [4.78, 5) is 14.7. The van der Waals surface area contributed by atoms with Crippen LogP contribution in [-0.4, -0.2) is 10.9 Å². The highest BCUT2D eigenvalue weighted by molar-refractivity contribution is 9.10. The maximum Gasteiger partial charge on any atom is 0.255 e. The predicted octanol–water partition coefficient (Wildman–Crippen LogP) is 3.51. The first kappa shape index (κ1) is 13.5. The summed E-state index contributed by atoms with van der Waals surface area (Å²) in [6.45, 7) is 0. The fraction of sp³-hybridized carbons (Fsp3) is 0. The van der Waals surface area contributed by atoms with E-state index in [9.17, 15) is 18.0 Å². The van der Waals surface area contributed by atoms with Crippen LogP contribution in [0.5, 0.6) is 0 Å². The van der Waals surface area contributed by atoms with E-state index in [1.54, 1.807) is 0 Å². The van der Waals surface area contributed by atoms with Gasteiger partial charge in [-0.25, -0.2) is 4.39 Å². The van der Waals surface area contributed by atoms with Crippen LogP contribution in [0.15, 0.2) is 34.8 Å². The summed E-state index contributed by atoms with van der Waals surface area (Å²) in [5, 5.41) is 2.18. The normalized spacial score (nSPS) is 10.3. The largest absolute Gasteiger partial charge is 0.318 e. The molecule has 0 saturated carbocycles. The van der Waals surface area contributed by atoms with E-state index in [-0.39, 0.29) is 11.3 Å². The summed E-state index contributed by atoms with van der Waals surface area (Å²) in [6.07, 6.45) is 0. The second-order valence-electron chi connectivity index (χ2n) is 3.58. The first-order valence-electron chi connectivity index (χ1n) is 5.05. The van der Waals surface area contributed by atoms with Gasteiger partial charge in [0.25, 0.3) is 5.91 Å². The molecule has 0 aliphatic heterocycles. The first-order valence-corrected chi connectivity index (χ1v) is 5.84. The minimum atomic E-state index is -1.15. The molecule has 0 radical (unpaired) electrons. The molecule has 0 atom stereocenters. The van der Waals surface area contributed by atoms with Crippen molar-refractivity contribution in [1.82, 2.24) is 4.98 Å². The predicted molar refractivity (Wildman–Crippen MR) is 66.2 cm³/mol. The molecule has 1 N–H and O–H groups in total. The van der Waals surface area contributed by atoms with Gasteiger partial charge in [-0.1, -0.05) is 15.9 Å². The molecule has 0 spiro atoms. The number of pyridine rings is 1. The standard InChI is InChI=1S/C12H6BrF3N2O/c13-7-3-6(4-8(14)5-7)12(19)17-9-1-2-10(15)18-11(9)16/h1-5H,(H,17,19). The quantitative estimate of drug-likeness (QED) is 0.856. The molecule has 1 aromatic carbocycles. The second-order valence-corrected chi connectivity index (χ2v) is 4.50. The van der Waals surface area contributed by atoms with E-state index in [0.717, 1.165) is 18.2 Å². The number of rotatable bonds is 2. The van der Waals surface area contributed by atoms with Crippen molar-refractivity contribution in [3.63, 3.8) is 0 Å². The average molecular weight is 331 g/mol. The van der Waals surface area contributed by atoms with Crippen molar-refractivity contribution in [2.45, 2.75) is 0 Å². The highest BCUT2D eigenvalue weighted by Crippen LogP contribution is 2.17. The van der Waals surface area contributed by atoms with Gasteiger partial charge in [-0.05, 0) is 30.3 Å². The molecule has 1 heterocycles. The van der Waals surface area contributed by atoms with Crippen LogP contribution in [0.25, 0.3) is 0 Å². The van der Waals surface area contributed by atoms with Gasteiger partial charge >= 0.3 is 0 Å². The Morgan fingerprint density at radius 1 is 1.16 bits per heavy atom. The fourth-order valence-electron chi connectivity index (χ4n) is 1.38. The Morgan fingerprint density at radius 2 is 1.89 bits per heavy atom. The Bertz CT molecular complexity index is 629. The molecule has 98 valence electrons. The summed E-state index contributed by atoms with van der Waals surface area (Å²) in [5.74, 6) is -3.49. The van der Waals surface area contributed by atoms with Gasteiger partial charge in [-0.3, -0.25) is 4.79 Å². The van der Waals surface area contributed by atoms with Crippen molar-refractivity contribution in [2.24, 2.45) is 0 Å². The van der Waals surface area contributed by atoms with Crippen molar-refractivity contribution in [3.05, 3.63) is 58.1 Å². The number of anilines is 1. The van der Waals surface area contributed by atoms with Gasteiger partial charge in [0.1, 0.15) is 5.82 Å². The van der Waals surface area contributed by atoms with E-state index in [1.165, 1.54) is 12.1 Å². The maximum absolute atomic E-state index is 13.2. The van der Waals surface area contributed by atoms with E-state index in [1.807, 2.05) is 0 Å². The molecule has 0 aliphatic rings. The van der Waals surface area contributed by atoms with Crippen molar-refractivity contribution in [1.29, 1.82) is 0 Å². The van der Waals surface area contributed by atoms with Crippen LogP contribution >= 0.6 is 15.9 Å². The smallest absolute Gasteiger partial charge is 0.255 e. The molecule has 7 heteroatoms. The number of hydrogen-bond acceptors (Lipinski definition) is 2. The van der Waals surface area contributed by atoms with Crippen LogP contribution in [0.1, 0.15) is 10.4 Å². The summed E-state index contributed by atoms with van der Waals surface area (Å²) in [7, 11) is 0. The van der Waals surface area contributed by atoms with Crippen LogP contribution in [0.3, 0.4) is 0 Å². The van der Waals surface area contributed by atoms with Gasteiger partial charge in [-0.15, -0.1) is 0 Å². The lowest BCUT2D eigenvalue weighted by Gasteiger charge is -2.06. The number of amides is 1. The van der Waals surface area contributed by atoms with Crippen molar-refractivity contribution >= 4 is 27.5 Å². The number of benzene rings is 1. The maximum atomic E-state index is 13.2. The topological polar surface area (TPSA) is 42.0 Å². The molecule has 0 aliphatic carbocycles. The van der Waals surface area contributed by atoms with Gasteiger partial charge in [0.15, 0.2) is 0 Å². The molecular weight excluding hydrogens is 325 g/mol. The van der Waals surface area contributed by atoms with Crippen molar-refractivity contribution < 1.29 is 18.0 Å². The highest BCUT2D eigenvalue weighted by Gasteiger charge is 2.12. The van der Waals surface area contributed by atoms with E-state index >= 15 is 0 Å². The zero-order chi connectivity index (χ0) is 14.0. The lowest BCUT2D eigenvalue weighted by molar-refractivity contribution is 0.102. The van der Waals surface area contributed by atoms with E-state index in [2.05, 4.69) is 26.2 Å². The van der Waals surface area contributed by atoms with Crippen molar-refractivity contribution in [3.8, 4) is 0 Å². The lowest BCUT2D eigenvalue weighted by Crippen LogP contribution is -2.14. The third-order valence-electron chi connectivity index (χ3n) is 2.19. The molecule has 1 aromatic heterocycles. The number of carbonyl (C=O) groups excluding carboxylic acids is 1. The summed E-state index contributed by atoms with van der Waals surface area (Å²) < 4.78 is 39.3. The fourth-order valence-corrected chi connectivity index (χ4v) is 1.85. The molecule has 3 nitrogen and oxygen atoms in total. The number of nitrogens with zero attached hydrogens (tertiary/aromatic N) is 1. The molecule has 0 fully saturated rings. The Kier molecular flexibility index (Phi) is 3.84. The Hall–Kier alpha value is -1.89. The van der Waals surface area contributed by atoms with Crippen LogP contribution in [-0.2, 0) is 0 Å². The lowest BCUT2D eigenvalue weighted by atomic mass is 10.2. The minimum Gasteiger partial charge on any atom is -0.318 e. The van der Waals surface area contributed by atoms with Crippen LogP contribution in [0.2, 0.25) is 0 Å². The van der Waals surface area contributed by atoms with E-state index in [4.69, 9.17) is 0 Å². The van der Waals surface area contributed by atoms with Crippen LogP contribution < -0.4 is 5.32 Å². The second kappa shape index (κ2) is 5.40. The van der Waals surface area contributed by atoms with Crippen molar-refractivity contribution in [2.75, 3.05) is 5.32 Å². The SMILES string of the molecule is O=C(Nc1ccc(F)nc1F)c1cc(F)cc(Br)c1. The van der Waals surface area contributed by atoms with Gasteiger partial charge in [-0.2, -0.15) is 13.8 Å². The molecular formula is C12H6BrF3N2O. The summed E-state index contributed by atoms with van der Waals surface area (Å²) in [5.41, 5.74) is -0.289. The summed E-state index contributed by atoms with van der Waals surface area (Å²) >= 11 is 3.03. The first-order chi connectivity index (χ1) is 8.95. The molecule has 1 amide bonds. The number of halogens is 4. The van der Waals surface area contributed by atoms with E-state index in [0.29, 0.717) is 4.47 Å². The Labute approximate surface area is 114 Å². The summed E-state index contributed by atoms with van der Waals surface area (Å²) in [6, 6.07) is 5.48. The van der Waals surface area contributed by atoms with Gasteiger partial charge < -0.3 is 5.32 Å². The molecule has 0 bridgehead atoms. The zero-order valence-corrected chi connectivity index (χ0v) is 10.8. The minimum absolute atomic E-state index is 0.00407. The number of carbonyl (C=O) groups is 1. The highest BCUT2D eigenvalue weighted by atomic mass is 79.9. The molecule has 2 rings (SSSR count). The van der Waals surface area contributed by atoms with Crippen LogP contribution in [0, 0.1) is 17.7 Å². The number of aromatic nitrogens is 1. The van der Waals surface area contributed by atoms with Crippen LogP contribution in [0.4, 0.5) is 18.9 Å². The van der Waals surface area contributed by atoms with Gasteiger partial charge in [0, 0.05) is 10.0 Å². The molecule has 0 saturated heterocycles. The number of hydrogen-bond donors (Lipinski definition) is 1. The Balaban J connectivity index is 2.25. The molecule has 19 heavy (non-hydrogen) atoms. The number of nitrogens with one attached hydrogen (secondary N) is 1.